The van der Waals surface area contributed by atoms with Crippen LogP contribution < -0.4 is 10.6 Å². The molecule has 0 heterocycles. The van der Waals surface area contributed by atoms with Crippen LogP contribution in [0.1, 0.15) is 40.0 Å². The number of aliphatic imine (C=N–C) groups is 1. The first-order valence-electron chi connectivity index (χ1n) is 7.05. The van der Waals surface area contributed by atoms with Crippen LogP contribution in [0.25, 0.3) is 0 Å². The molecule has 5 nitrogen and oxygen atoms in total. The molecule has 0 spiro atoms. The lowest BCUT2D eigenvalue weighted by Gasteiger charge is -2.11. The average molecular weight is 419 g/mol. The summed E-state index contributed by atoms with van der Waals surface area (Å²) in [4.78, 5) is 4.36. The summed E-state index contributed by atoms with van der Waals surface area (Å²) in [6.07, 6.45) is 4.14. The van der Waals surface area contributed by atoms with E-state index in [1.807, 2.05) is 6.92 Å². The molecule has 0 saturated heterocycles. The molecule has 0 aliphatic carbocycles. The third kappa shape index (κ3) is 16.0. The van der Waals surface area contributed by atoms with Gasteiger partial charge < -0.3 is 10.6 Å². The number of hydrogen-bond acceptors (Lipinski definition) is 3. The number of hydrogen-bond donors (Lipinski definition) is 2. The fourth-order valence-electron chi connectivity index (χ4n) is 1.58. The zero-order chi connectivity index (χ0) is 14.7. The third-order valence-electron chi connectivity index (χ3n) is 2.54. The lowest BCUT2D eigenvalue weighted by atomic mass is 10.1. The number of nitrogens with zero attached hydrogens (tertiary/aromatic N) is 1. The second kappa shape index (κ2) is 12.7. The summed E-state index contributed by atoms with van der Waals surface area (Å²) >= 11 is 0. The zero-order valence-corrected chi connectivity index (χ0v) is 16.3. The van der Waals surface area contributed by atoms with Gasteiger partial charge in [-0.05, 0) is 32.1 Å². The van der Waals surface area contributed by atoms with Crippen molar-refractivity contribution in [2.45, 2.75) is 40.0 Å². The second-order valence-corrected chi connectivity index (χ2v) is 7.47. The van der Waals surface area contributed by atoms with Gasteiger partial charge in [0.2, 0.25) is 0 Å². The van der Waals surface area contributed by atoms with Gasteiger partial charge in [-0.2, -0.15) is 0 Å². The van der Waals surface area contributed by atoms with Crippen LogP contribution in [-0.2, 0) is 9.84 Å². The summed E-state index contributed by atoms with van der Waals surface area (Å²) in [6, 6.07) is 0. The highest BCUT2D eigenvalue weighted by Crippen LogP contribution is 2.01. The molecular formula is C13H30IN3O2S. The van der Waals surface area contributed by atoms with E-state index in [9.17, 15) is 8.42 Å². The van der Waals surface area contributed by atoms with Crippen molar-refractivity contribution >= 4 is 39.8 Å². The van der Waals surface area contributed by atoms with E-state index in [2.05, 4.69) is 29.5 Å². The lowest BCUT2D eigenvalue weighted by Crippen LogP contribution is -2.38. The SMILES string of the molecule is CCNC(=NCCCS(C)(=O)=O)NCCCC(C)C.I. The van der Waals surface area contributed by atoms with Crippen molar-refractivity contribution in [3.63, 3.8) is 0 Å². The van der Waals surface area contributed by atoms with Crippen molar-refractivity contribution in [3.05, 3.63) is 0 Å². The Kier molecular flexibility index (Phi) is 14.1. The minimum absolute atomic E-state index is 0. The van der Waals surface area contributed by atoms with E-state index in [1.165, 1.54) is 12.7 Å². The van der Waals surface area contributed by atoms with Crippen LogP contribution in [0.15, 0.2) is 4.99 Å². The molecule has 122 valence electrons. The van der Waals surface area contributed by atoms with E-state index in [0.717, 1.165) is 31.4 Å². The minimum atomic E-state index is -2.87. The zero-order valence-electron chi connectivity index (χ0n) is 13.1. The van der Waals surface area contributed by atoms with Crippen LogP contribution in [0, 0.1) is 5.92 Å². The maximum Gasteiger partial charge on any atom is 0.191 e. The molecular weight excluding hydrogens is 389 g/mol. The van der Waals surface area contributed by atoms with Crippen LogP contribution in [-0.4, -0.2) is 46.0 Å². The van der Waals surface area contributed by atoms with Gasteiger partial charge >= 0.3 is 0 Å². The molecule has 7 heteroatoms. The maximum absolute atomic E-state index is 11.0. The molecule has 0 saturated carbocycles. The molecule has 0 aromatic heterocycles. The Labute approximate surface area is 141 Å². The molecule has 0 fully saturated rings. The van der Waals surface area contributed by atoms with Crippen LogP contribution >= 0.6 is 24.0 Å². The molecule has 0 aromatic rings. The summed E-state index contributed by atoms with van der Waals surface area (Å²) in [5.74, 6) is 1.69. The van der Waals surface area contributed by atoms with Crippen LogP contribution in [0.5, 0.6) is 0 Å². The molecule has 0 aliphatic heterocycles. The third-order valence-corrected chi connectivity index (χ3v) is 3.57. The molecule has 20 heavy (non-hydrogen) atoms. The van der Waals surface area contributed by atoms with Gasteiger partial charge in [-0.1, -0.05) is 13.8 Å². The van der Waals surface area contributed by atoms with Gasteiger partial charge in [0, 0.05) is 25.9 Å². The Morgan fingerprint density at radius 1 is 1.20 bits per heavy atom. The molecule has 0 aliphatic rings. The first-order chi connectivity index (χ1) is 8.85. The standard InChI is InChI=1S/C13H29N3O2S.HI/c1-5-14-13(15-9-6-8-12(2)3)16-10-7-11-19(4,17)18;/h12H,5-11H2,1-4H3,(H2,14,15,16);1H. The average Bonchev–Trinajstić information content (AvgIpc) is 2.28. The van der Waals surface area contributed by atoms with Gasteiger partial charge in [0.15, 0.2) is 5.96 Å². The molecule has 0 atom stereocenters. The van der Waals surface area contributed by atoms with Gasteiger partial charge in [0.1, 0.15) is 9.84 Å². The molecule has 0 aromatic carbocycles. The Bertz CT molecular complexity index is 357. The lowest BCUT2D eigenvalue weighted by molar-refractivity contribution is 0.549. The largest absolute Gasteiger partial charge is 0.357 e. The normalized spacial score (nSPS) is 12.2. The summed E-state index contributed by atoms with van der Waals surface area (Å²) in [5, 5.41) is 6.42. The number of sulfone groups is 1. The fourth-order valence-corrected chi connectivity index (χ4v) is 2.23. The minimum Gasteiger partial charge on any atom is -0.357 e. The number of rotatable bonds is 9. The number of nitrogens with one attached hydrogen (secondary N) is 2. The summed E-state index contributed by atoms with van der Waals surface area (Å²) in [7, 11) is -2.87. The van der Waals surface area contributed by atoms with Crippen LogP contribution in [0.4, 0.5) is 0 Å². The fraction of sp³-hybridized carbons (Fsp3) is 0.923. The molecule has 0 radical (unpaired) electrons. The highest BCUT2D eigenvalue weighted by molar-refractivity contribution is 14.0. The Hall–Kier alpha value is -0.0500. The topological polar surface area (TPSA) is 70.6 Å². The van der Waals surface area contributed by atoms with Crippen molar-refractivity contribution < 1.29 is 8.42 Å². The van der Waals surface area contributed by atoms with Crippen molar-refractivity contribution in [1.82, 2.24) is 10.6 Å². The van der Waals surface area contributed by atoms with E-state index < -0.39 is 9.84 Å². The van der Waals surface area contributed by atoms with Crippen molar-refractivity contribution in [2.75, 3.05) is 31.6 Å². The Balaban J connectivity index is 0. The first-order valence-corrected chi connectivity index (χ1v) is 9.11. The van der Waals surface area contributed by atoms with Crippen molar-refractivity contribution in [3.8, 4) is 0 Å². The molecule has 0 bridgehead atoms. The quantitative estimate of drug-likeness (QED) is 0.260. The highest BCUT2D eigenvalue weighted by Gasteiger charge is 2.01. The van der Waals surface area contributed by atoms with E-state index >= 15 is 0 Å². The molecule has 0 unspecified atom stereocenters. The van der Waals surface area contributed by atoms with Gasteiger partial charge in [-0.15, -0.1) is 24.0 Å². The van der Waals surface area contributed by atoms with Crippen LogP contribution in [0.2, 0.25) is 0 Å². The highest BCUT2D eigenvalue weighted by atomic mass is 127. The molecule has 2 N–H and O–H groups in total. The molecule has 0 rings (SSSR count). The smallest absolute Gasteiger partial charge is 0.191 e. The second-order valence-electron chi connectivity index (χ2n) is 5.21. The molecule has 0 amide bonds. The van der Waals surface area contributed by atoms with Crippen molar-refractivity contribution in [1.29, 1.82) is 0 Å². The van der Waals surface area contributed by atoms with E-state index in [1.54, 1.807) is 0 Å². The van der Waals surface area contributed by atoms with Crippen LogP contribution in [0.3, 0.4) is 0 Å². The van der Waals surface area contributed by atoms with E-state index in [4.69, 9.17) is 0 Å². The predicted octanol–water partition coefficient (Wildman–Crippen LogP) is 2.03. The Morgan fingerprint density at radius 2 is 1.85 bits per heavy atom. The van der Waals surface area contributed by atoms with E-state index in [-0.39, 0.29) is 29.7 Å². The number of halogens is 1. The van der Waals surface area contributed by atoms with Gasteiger partial charge in [0.25, 0.3) is 0 Å². The Morgan fingerprint density at radius 3 is 2.35 bits per heavy atom. The summed E-state index contributed by atoms with van der Waals surface area (Å²) in [6.45, 7) is 8.68. The monoisotopic (exact) mass is 419 g/mol. The first kappa shape index (κ1) is 22.2. The number of guanidine groups is 1. The van der Waals surface area contributed by atoms with Gasteiger partial charge in [0.05, 0.1) is 5.75 Å². The maximum atomic E-state index is 11.0. The summed E-state index contributed by atoms with van der Waals surface area (Å²) in [5.41, 5.74) is 0. The summed E-state index contributed by atoms with van der Waals surface area (Å²) < 4.78 is 22.0. The van der Waals surface area contributed by atoms with Crippen molar-refractivity contribution in [2.24, 2.45) is 10.9 Å². The van der Waals surface area contributed by atoms with Gasteiger partial charge in [-0.25, -0.2) is 8.42 Å². The van der Waals surface area contributed by atoms with E-state index in [0.29, 0.717) is 13.0 Å². The predicted molar refractivity (Wildman–Crippen MR) is 97.8 cm³/mol. The van der Waals surface area contributed by atoms with Gasteiger partial charge in [-0.3, -0.25) is 4.99 Å².